The van der Waals surface area contributed by atoms with Gasteiger partial charge in [0, 0.05) is 35.5 Å². The van der Waals surface area contributed by atoms with E-state index < -0.39 is 0 Å². The minimum atomic E-state index is -0.300. The largest absolute Gasteiger partial charge is 0.383 e. The quantitative estimate of drug-likeness (QED) is 0.298. The lowest BCUT2D eigenvalue weighted by atomic mass is 10.0. The third-order valence-electron chi connectivity index (χ3n) is 4.99. The number of fused-ring (bicyclic) bond motifs is 1. The number of nitrogens with one attached hydrogen (secondary N) is 1. The zero-order valence-corrected chi connectivity index (χ0v) is 18.3. The van der Waals surface area contributed by atoms with Gasteiger partial charge in [-0.1, -0.05) is 43.0 Å². The van der Waals surface area contributed by atoms with Crippen LogP contribution in [0.2, 0.25) is 0 Å². The summed E-state index contributed by atoms with van der Waals surface area (Å²) >= 11 is 0. The number of aromatic nitrogens is 4. The molecule has 4 aromatic rings. The number of allylic oxidation sites excluding steroid dienone is 5. The van der Waals surface area contributed by atoms with E-state index in [9.17, 15) is 4.39 Å². The van der Waals surface area contributed by atoms with Gasteiger partial charge in [-0.05, 0) is 36.3 Å². The van der Waals surface area contributed by atoms with Gasteiger partial charge in [0.1, 0.15) is 17.5 Å². The number of rotatable bonds is 6. The Morgan fingerprint density at radius 3 is 2.76 bits per heavy atom. The zero-order valence-electron chi connectivity index (χ0n) is 18.3. The fourth-order valence-corrected chi connectivity index (χ4v) is 3.47. The molecule has 3 N–H and O–H groups in total. The molecule has 0 aliphatic heterocycles. The summed E-state index contributed by atoms with van der Waals surface area (Å²) in [4.78, 5) is 16.7. The van der Waals surface area contributed by atoms with Crippen LogP contribution < -0.4 is 5.73 Å². The summed E-state index contributed by atoms with van der Waals surface area (Å²) in [5, 5.41) is 0. The average molecular weight is 438 g/mol. The monoisotopic (exact) mass is 437 g/mol. The number of imidazole rings is 1. The molecule has 3 aromatic heterocycles. The molecule has 0 saturated heterocycles. The highest BCUT2D eigenvalue weighted by Crippen LogP contribution is 2.28. The van der Waals surface area contributed by atoms with Crippen molar-refractivity contribution in [3.8, 4) is 24.0 Å². The highest BCUT2D eigenvalue weighted by Gasteiger charge is 2.13. The molecule has 0 unspecified atom stereocenters. The molecule has 0 radical (unpaired) electrons. The fraction of sp³-hybridized carbons (Fsp3) is 0.0741. The number of pyridine rings is 2. The molecule has 33 heavy (non-hydrogen) atoms. The number of benzene rings is 1. The smallest absolute Gasteiger partial charge is 0.127 e. The Morgan fingerprint density at radius 2 is 2.03 bits per heavy atom. The van der Waals surface area contributed by atoms with Crippen LogP contribution in [0.3, 0.4) is 0 Å². The molecule has 4 rings (SSSR count). The average Bonchev–Trinajstić information content (AvgIpc) is 3.25. The van der Waals surface area contributed by atoms with E-state index in [1.807, 2.05) is 37.3 Å². The normalized spacial score (nSPS) is 11.3. The topological polar surface area (TPSA) is 80.5 Å². The summed E-state index contributed by atoms with van der Waals surface area (Å²) in [5.74, 6) is 0.886. The predicted molar refractivity (Wildman–Crippen MR) is 134 cm³/mol. The van der Waals surface area contributed by atoms with Crippen molar-refractivity contribution in [2.45, 2.75) is 13.3 Å². The molecule has 164 valence electrons. The first-order valence-electron chi connectivity index (χ1n) is 10.2. The van der Waals surface area contributed by atoms with Crippen molar-refractivity contribution in [1.82, 2.24) is 19.9 Å². The Kier molecular flexibility index (Phi) is 7.51. The number of H-pyrrole nitrogens is 1. The van der Waals surface area contributed by atoms with Crippen LogP contribution in [0.1, 0.15) is 23.9 Å². The predicted octanol–water partition coefficient (Wildman–Crippen LogP) is 5.73. The standard InChI is InChI=1S/C25H22FN5.C2H2/c1-3-5-7-16(4-2)19-10-18(25(27)29-13-19)12-23-30-22-15-28-14-21(24(22)31-23)17-8-6-9-20(26)11-17;1-2/h3-11,13-15H,1,12H2,2H3,(H2,27,29)(H,30,31);1-2H/b7-5-,16-4+;. The molecule has 0 fully saturated rings. The van der Waals surface area contributed by atoms with Gasteiger partial charge in [0.2, 0.25) is 0 Å². The second-order valence-electron chi connectivity index (χ2n) is 7.06. The van der Waals surface area contributed by atoms with Gasteiger partial charge in [-0.15, -0.1) is 12.8 Å². The molecule has 1 aromatic carbocycles. The van der Waals surface area contributed by atoms with E-state index in [-0.39, 0.29) is 5.82 Å². The minimum absolute atomic E-state index is 0.300. The van der Waals surface area contributed by atoms with Gasteiger partial charge < -0.3 is 10.7 Å². The molecule has 0 atom stereocenters. The van der Waals surface area contributed by atoms with Gasteiger partial charge in [-0.3, -0.25) is 4.98 Å². The molecular formula is C27H24FN5. The van der Waals surface area contributed by atoms with Gasteiger partial charge in [0.15, 0.2) is 0 Å². The molecule has 0 bridgehead atoms. The summed E-state index contributed by atoms with van der Waals surface area (Å²) in [5.41, 5.74) is 12.0. The third kappa shape index (κ3) is 5.23. The third-order valence-corrected chi connectivity index (χ3v) is 4.99. The number of hydrogen-bond acceptors (Lipinski definition) is 4. The number of terminal acetylenes is 1. The molecule has 0 amide bonds. The Hall–Kier alpha value is -4.50. The van der Waals surface area contributed by atoms with Crippen molar-refractivity contribution >= 4 is 22.4 Å². The molecule has 0 aliphatic rings. The van der Waals surface area contributed by atoms with Gasteiger partial charge >= 0.3 is 0 Å². The maximum absolute atomic E-state index is 13.7. The number of nitrogens with two attached hydrogens (primary N) is 1. The number of nitrogens with zero attached hydrogens (tertiary/aromatic N) is 3. The molecule has 0 spiro atoms. The van der Waals surface area contributed by atoms with E-state index in [0.717, 1.165) is 44.7 Å². The van der Waals surface area contributed by atoms with Crippen LogP contribution in [0, 0.1) is 18.7 Å². The van der Waals surface area contributed by atoms with Crippen molar-refractivity contribution < 1.29 is 4.39 Å². The first-order valence-corrected chi connectivity index (χ1v) is 10.2. The van der Waals surface area contributed by atoms with Crippen LogP contribution in [-0.4, -0.2) is 19.9 Å². The van der Waals surface area contributed by atoms with E-state index in [1.54, 1.807) is 30.7 Å². The summed E-state index contributed by atoms with van der Waals surface area (Å²) in [6, 6.07) is 8.43. The first kappa shape index (κ1) is 23.2. The first-order chi connectivity index (χ1) is 16.1. The van der Waals surface area contributed by atoms with Crippen molar-refractivity contribution in [2.75, 3.05) is 5.73 Å². The Labute approximate surface area is 192 Å². The lowest BCUT2D eigenvalue weighted by Crippen LogP contribution is -2.01. The van der Waals surface area contributed by atoms with Crippen LogP contribution in [-0.2, 0) is 6.42 Å². The lowest BCUT2D eigenvalue weighted by Gasteiger charge is -2.07. The van der Waals surface area contributed by atoms with E-state index in [2.05, 4.69) is 34.4 Å². The van der Waals surface area contributed by atoms with Crippen LogP contribution in [0.5, 0.6) is 0 Å². The maximum Gasteiger partial charge on any atom is 0.127 e. The second kappa shape index (κ2) is 10.7. The number of aromatic amines is 1. The van der Waals surface area contributed by atoms with E-state index in [0.29, 0.717) is 12.2 Å². The Bertz CT molecular complexity index is 1360. The number of anilines is 1. The summed E-state index contributed by atoms with van der Waals surface area (Å²) < 4.78 is 13.7. The van der Waals surface area contributed by atoms with Gasteiger partial charge in [-0.25, -0.2) is 14.4 Å². The summed E-state index contributed by atoms with van der Waals surface area (Å²) in [6.07, 6.45) is 21.2. The Balaban J connectivity index is 0.00000149. The molecular weight excluding hydrogens is 413 g/mol. The van der Waals surface area contributed by atoms with Crippen molar-refractivity contribution in [1.29, 1.82) is 0 Å². The molecule has 6 heteroatoms. The highest BCUT2D eigenvalue weighted by atomic mass is 19.1. The molecule has 3 heterocycles. The summed E-state index contributed by atoms with van der Waals surface area (Å²) in [6.45, 7) is 5.69. The molecule has 5 nitrogen and oxygen atoms in total. The van der Waals surface area contributed by atoms with Crippen LogP contribution in [0.15, 0.2) is 79.8 Å². The number of hydrogen-bond donors (Lipinski definition) is 2. The lowest BCUT2D eigenvalue weighted by molar-refractivity contribution is 0.628. The number of nitrogen functional groups attached to an aromatic ring is 1. The SMILES string of the molecule is C#C.C=C/C=C\C(=C/C)c1cnc(N)c(Cc2nc3c(-c4cccc(F)c4)cncc3[nH]2)c1. The highest BCUT2D eigenvalue weighted by molar-refractivity contribution is 5.91. The van der Waals surface area contributed by atoms with Gasteiger partial charge in [-0.2, -0.15) is 0 Å². The van der Waals surface area contributed by atoms with Crippen LogP contribution >= 0.6 is 0 Å². The van der Waals surface area contributed by atoms with Crippen molar-refractivity contribution in [3.63, 3.8) is 0 Å². The van der Waals surface area contributed by atoms with E-state index >= 15 is 0 Å². The number of halogens is 1. The second-order valence-corrected chi connectivity index (χ2v) is 7.06. The van der Waals surface area contributed by atoms with E-state index in [1.165, 1.54) is 12.1 Å². The molecule has 0 saturated carbocycles. The van der Waals surface area contributed by atoms with Crippen LogP contribution in [0.25, 0.3) is 27.7 Å². The zero-order chi connectivity index (χ0) is 23.8. The van der Waals surface area contributed by atoms with Crippen LogP contribution in [0.4, 0.5) is 10.2 Å². The Morgan fingerprint density at radius 1 is 1.21 bits per heavy atom. The fourth-order valence-electron chi connectivity index (χ4n) is 3.47. The summed E-state index contributed by atoms with van der Waals surface area (Å²) in [7, 11) is 0. The molecule has 0 aliphatic carbocycles. The minimum Gasteiger partial charge on any atom is -0.383 e. The van der Waals surface area contributed by atoms with E-state index in [4.69, 9.17) is 10.7 Å². The van der Waals surface area contributed by atoms with Crippen molar-refractivity contribution in [2.24, 2.45) is 0 Å². The maximum atomic E-state index is 13.7. The van der Waals surface area contributed by atoms with Gasteiger partial charge in [0.05, 0.1) is 17.2 Å². The van der Waals surface area contributed by atoms with Gasteiger partial charge in [0.25, 0.3) is 0 Å². The van der Waals surface area contributed by atoms with Crippen molar-refractivity contribution in [3.05, 3.63) is 103 Å².